The number of rotatable bonds is 3. The lowest BCUT2D eigenvalue weighted by Gasteiger charge is -2.50. The second-order valence-corrected chi connectivity index (χ2v) is 6.43. The Balaban J connectivity index is 2.63. The summed E-state index contributed by atoms with van der Waals surface area (Å²) >= 11 is 0. The number of nitrogens with one attached hydrogen (secondary N) is 1. The van der Waals surface area contributed by atoms with Crippen LogP contribution in [0, 0.1) is 10.8 Å². The maximum Gasteiger partial charge on any atom is 0.101 e. The molecule has 0 aromatic carbocycles. The highest BCUT2D eigenvalue weighted by Gasteiger charge is 2.40. The van der Waals surface area contributed by atoms with Crippen molar-refractivity contribution in [1.29, 1.82) is 5.41 Å². The normalized spacial score (nSPS) is 19.4. The molecule has 3 nitrogen and oxygen atoms in total. The molecule has 1 N–H and O–H groups in total. The van der Waals surface area contributed by atoms with Crippen molar-refractivity contribution in [3.63, 3.8) is 0 Å². The van der Waals surface area contributed by atoms with Gasteiger partial charge >= 0.3 is 0 Å². The minimum absolute atomic E-state index is 0.0496. The van der Waals surface area contributed by atoms with Gasteiger partial charge in [0.2, 0.25) is 0 Å². The second kappa shape index (κ2) is 4.36. The van der Waals surface area contributed by atoms with E-state index in [4.69, 9.17) is 5.41 Å². The Labute approximate surface area is 100 Å². The van der Waals surface area contributed by atoms with Crippen LogP contribution in [-0.2, 0) is 0 Å². The highest BCUT2D eigenvalue weighted by atomic mass is 15.2. The number of likely N-dealkylation sites (N-methyl/N-ethyl adjacent to an activating group) is 2. The Kier molecular flexibility index (Phi) is 3.68. The average Bonchev–Trinajstić information content (AvgIpc) is 2.07. The number of hydrogen-bond donors (Lipinski definition) is 1. The summed E-state index contributed by atoms with van der Waals surface area (Å²) in [5, 5.41) is 8.17. The smallest absolute Gasteiger partial charge is 0.101 e. The molecule has 94 valence electrons. The van der Waals surface area contributed by atoms with Crippen molar-refractivity contribution in [2.24, 2.45) is 5.41 Å². The molecule has 0 aliphatic heterocycles. The Hall–Kier alpha value is -0.570. The maximum absolute atomic E-state index is 8.17. The third-order valence-corrected chi connectivity index (χ3v) is 3.86. The molecule has 1 rings (SSSR count). The van der Waals surface area contributed by atoms with E-state index in [0.29, 0.717) is 5.54 Å². The van der Waals surface area contributed by atoms with Crippen LogP contribution in [0.25, 0.3) is 0 Å². The van der Waals surface area contributed by atoms with Crippen LogP contribution in [0.1, 0.15) is 40.0 Å². The topological polar surface area (TPSA) is 30.3 Å². The van der Waals surface area contributed by atoms with Crippen molar-refractivity contribution in [2.75, 3.05) is 27.7 Å². The Bertz CT molecular complexity index is 259. The van der Waals surface area contributed by atoms with Gasteiger partial charge in [0.1, 0.15) is 5.84 Å². The van der Waals surface area contributed by atoms with Gasteiger partial charge in [0.15, 0.2) is 0 Å². The zero-order chi connectivity index (χ0) is 12.6. The van der Waals surface area contributed by atoms with E-state index in [0.717, 1.165) is 12.4 Å². The number of nitrogens with zero attached hydrogens (tertiary/aromatic N) is 2. The van der Waals surface area contributed by atoms with E-state index in [1.165, 1.54) is 19.3 Å². The van der Waals surface area contributed by atoms with E-state index in [2.05, 4.69) is 51.7 Å². The first-order valence-electron chi connectivity index (χ1n) is 6.17. The van der Waals surface area contributed by atoms with E-state index in [1.807, 2.05) is 0 Å². The van der Waals surface area contributed by atoms with Gasteiger partial charge in [0.25, 0.3) is 0 Å². The van der Waals surface area contributed by atoms with E-state index >= 15 is 0 Å². The summed E-state index contributed by atoms with van der Waals surface area (Å²) in [6, 6.07) is 0. The predicted octanol–water partition coefficient (Wildman–Crippen LogP) is 2.43. The van der Waals surface area contributed by atoms with Gasteiger partial charge in [-0.25, -0.2) is 0 Å². The number of amidine groups is 1. The van der Waals surface area contributed by atoms with Gasteiger partial charge in [0.05, 0.1) is 0 Å². The zero-order valence-electron chi connectivity index (χ0n) is 11.7. The van der Waals surface area contributed by atoms with Crippen LogP contribution in [-0.4, -0.2) is 48.9 Å². The molecule has 0 radical (unpaired) electrons. The molecule has 0 heterocycles. The van der Waals surface area contributed by atoms with Gasteiger partial charge in [-0.3, -0.25) is 5.41 Å². The van der Waals surface area contributed by atoms with Crippen LogP contribution in [0.2, 0.25) is 0 Å². The molecular formula is C13H27N3. The summed E-state index contributed by atoms with van der Waals surface area (Å²) in [7, 11) is 6.37. The molecule has 1 saturated carbocycles. The summed E-state index contributed by atoms with van der Waals surface area (Å²) in [5.41, 5.74) is 0.262. The van der Waals surface area contributed by atoms with Gasteiger partial charge in [-0.15, -0.1) is 0 Å². The van der Waals surface area contributed by atoms with Gasteiger partial charge in [0, 0.05) is 24.5 Å². The number of hydrogen-bond acceptors (Lipinski definition) is 2. The summed E-state index contributed by atoms with van der Waals surface area (Å²) in [6.45, 7) is 7.30. The molecule has 16 heavy (non-hydrogen) atoms. The molecule has 0 bridgehead atoms. The molecule has 3 heteroatoms. The first-order valence-corrected chi connectivity index (χ1v) is 6.17. The van der Waals surface area contributed by atoms with Crippen LogP contribution >= 0.6 is 0 Å². The predicted molar refractivity (Wildman–Crippen MR) is 70.1 cm³/mol. The summed E-state index contributed by atoms with van der Waals surface area (Å²) in [5.74, 6) is 0.737. The van der Waals surface area contributed by atoms with Crippen molar-refractivity contribution in [2.45, 2.75) is 45.6 Å². The van der Waals surface area contributed by atoms with Crippen molar-refractivity contribution in [3.05, 3.63) is 0 Å². The first-order chi connectivity index (χ1) is 7.19. The summed E-state index contributed by atoms with van der Waals surface area (Å²) in [6.07, 6.45) is 3.86. The van der Waals surface area contributed by atoms with Crippen LogP contribution in [0.5, 0.6) is 0 Å². The molecule has 0 spiro atoms. The average molecular weight is 225 g/mol. The highest BCUT2D eigenvalue weighted by Crippen LogP contribution is 2.37. The quantitative estimate of drug-likeness (QED) is 0.590. The molecule has 1 fully saturated rings. The minimum Gasteiger partial charge on any atom is -0.361 e. The van der Waals surface area contributed by atoms with E-state index < -0.39 is 0 Å². The van der Waals surface area contributed by atoms with Crippen LogP contribution in [0.3, 0.4) is 0 Å². The summed E-state index contributed by atoms with van der Waals surface area (Å²) in [4.78, 5) is 4.46. The van der Waals surface area contributed by atoms with Crippen LogP contribution < -0.4 is 0 Å². The van der Waals surface area contributed by atoms with Crippen molar-refractivity contribution < 1.29 is 0 Å². The maximum atomic E-state index is 8.17. The zero-order valence-corrected chi connectivity index (χ0v) is 11.7. The van der Waals surface area contributed by atoms with Gasteiger partial charge < -0.3 is 9.80 Å². The van der Waals surface area contributed by atoms with Crippen LogP contribution in [0.15, 0.2) is 0 Å². The molecule has 0 amide bonds. The monoisotopic (exact) mass is 225 g/mol. The fraction of sp³-hybridized carbons (Fsp3) is 0.923. The molecule has 1 aliphatic rings. The minimum atomic E-state index is -0.0496. The van der Waals surface area contributed by atoms with Gasteiger partial charge in [-0.2, -0.15) is 0 Å². The lowest BCUT2D eigenvalue weighted by atomic mass is 9.75. The lowest BCUT2D eigenvalue weighted by molar-refractivity contribution is 0.0413. The van der Waals surface area contributed by atoms with E-state index in [-0.39, 0.29) is 5.41 Å². The van der Waals surface area contributed by atoms with Gasteiger partial charge in [-0.1, -0.05) is 20.8 Å². The van der Waals surface area contributed by atoms with Crippen molar-refractivity contribution >= 4 is 5.84 Å². The Morgan fingerprint density at radius 3 is 1.94 bits per heavy atom. The SMILES string of the molecule is CN(CC1(N(C)C)CCC1)C(=N)C(C)(C)C. The van der Waals surface area contributed by atoms with Gasteiger partial charge in [-0.05, 0) is 33.4 Å². The lowest BCUT2D eigenvalue weighted by Crippen LogP contribution is -2.58. The Morgan fingerprint density at radius 1 is 1.19 bits per heavy atom. The fourth-order valence-corrected chi connectivity index (χ4v) is 2.42. The molecule has 1 aliphatic carbocycles. The van der Waals surface area contributed by atoms with Crippen molar-refractivity contribution in [3.8, 4) is 0 Å². The third-order valence-electron chi connectivity index (χ3n) is 3.86. The van der Waals surface area contributed by atoms with E-state index in [1.54, 1.807) is 0 Å². The van der Waals surface area contributed by atoms with Crippen molar-refractivity contribution in [1.82, 2.24) is 9.80 Å². The van der Waals surface area contributed by atoms with E-state index in [9.17, 15) is 0 Å². The first kappa shape index (κ1) is 13.5. The Morgan fingerprint density at radius 2 is 1.69 bits per heavy atom. The molecule has 0 saturated heterocycles. The molecule has 0 aromatic rings. The largest absolute Gasteiger partial charge is 0.361 e. The molecule has 0 atom stereocenters. The summed E-state index contributed by atoms with van der Waals surface area (Å²) < 4.78 is 0. The van der Waals surface area contributed by atoms with Crippen LogP contribution in [0.4, 0.5) is 0 Å². The third kappa shape index (κ3) is 2.57. The fourth-order valence-electron chi connectivity index (χ4n) is 2.42. The molecule has 0 unspecified atom stereocenters. The molecule has 0 aromatic heterocycles. The molecular weight excluding hydrogens is 198 g/mol. The standard InChI is InChI=1S/C13H27N3/c1-12(2,3)11(14)16(6)10-13(15(4)5)8-7-9-13/h14H,7-10H2,1-6H3. The highest BCUT2D eigenvalue weighted by molar-refractivity contribution is 5.84. The second-order valence-electron chi connectivity index (χ2n) is 6.43.